The molecule has 4 N–H and O–H groups in total. The Morgan fingerprint density at radius 3 is 2.38 bits per heavy atom. The van der Waals surface area contributed by atoms with Crippen molar-refractivity contribution in [1.29, 1.82) is 0 Å². The number of furan rings is 1. The first-order valence-corrected chi connectivity index (χ1v) is 9.80. The highest BCUT2D eigenvalue weighted by Crippen LogP contribution is 2.28. The van der Waals surface area contributed by atoms with E-state index in [1.807, 2.05) is 19.9 Å². The predicted octanol–water partition coefficient (Wildman–Crippen LogP) is 3.27. The van der Waals surface area contributed by atoms with Gasteiger partial charge in [0.15, 0.2) is 0 Å². The number of rotatable bonds is 7. The smallest absolute Gasteiger partial charge is 0.342 e. The number of hydrogen-bond donors (Lipinski definition) is 3. The molecule has 0 spiro atoms. The van der Waals surface area contributed by atoms with Gasteiger partial charge in [0.25, 0.3) is 11.8 Å². The molecule has 2 amide bonds. The maximum absolute atomic E-state index is 12.8. The van der Waals surface area contributed by atoms with E-state index in [2.05, 4.69) is 20.6 Å². The van der Waals surface area contributed by atoms with Gasteiger partial charge in [0, 0.05) is 22.6 Å². The molecule has 10 heteroatoms. The molecule has 3 aromatic rings. The SMILES string of the molecule is CCOC(=O)c1c(C)oc(NC(=O)c2cccc(Nc3nc(C)cc(C)n3)c2)c1C(N)=O. The predicted molar refractivity (Wildman–Crippen MR) is 117 cm³/mol. The molecule has 0 saturated carbocycles. The van der Waals surface area contributed by atoms with Crippen LogP contribution in [-0.4, -0.2) is 34.4 Å². The van der Waals surface area contributed by atoms with E-state index in [-0.39, 0.29) is 34.9 Å². The highest BCUT2D eigenvalue weighted by molar-refractivity contribution is 6.12. The van der Waals surface area contributed by atoms with Crippen LogP contribution in [0.5, 0.6) is 0 Å². The monoisotopic (exact) mass is 437 g/mol. The van der Waals surface area contributed by atoms with Gasteiger partial charge in [-0.3, -0.25) is 14.9 Å². The second kappa shape index (κ2) is 9.29. The van der Waals surface area contributed by atoms with Crippen molar-refractivity contribution in [3.63, 3.8) is 0 Å². The number of aromatic nitrogens is 2. The summed E-state index contributed by atoms with van der Waals surface area (Å²) in [5.41, 5.74) is 7.53. The third kappa shape index (κ3) is 4.91. The van der Waals surface area contributed by atoms with Gasteiger partial charge in [-0.2, -0.15) is 0 Å². The van der Waals surface area contributed by atoms with Crippen LogP contribution in [0.1, 0.15) is 55.1 Å². The molecule has 0 aliphatic rings. The van der Waals surface area contributed by atoms with Crippen LogP contribution in [-0.2, 0) is 4.74 Å². The molecule has 0 aliphatic carbocycles. The van der Waals surface area contributed by atoms with Crippen LogP contribution < -0.4 is 16.4 Å². The van der Waals surface area contributed by atoms with Crippen molar-refractivity contribution in [2.75, 3.05) is 17.2 Å². The lowest BCUT2D eigenvalue weighted by Gasteiger charge is -2.09. The van der Waals surface area contributed by atoms with E-state index in [9.17, 15) is 14.4 Å². The van der Waals surface area contributed by atoms with Gasteiger partial charge in [0.1, 0.15) is 16.9 Å². The Bertz CT molecular complexity index is 1180. The Labute approximate surface area is 184 Å². The summed E-state index contributed by atoms with van der Waals surface area (Å²) >= 11 is 0. The first-order valence-electron chi connectivity index (χ1n) is 9.80. The molecule has 0 unspecified atom stereocenters. The number of hydrogen-bond acceptors (Lipinski definition) is 8. The van der Waals surface area contributed by atoms with Crippen molar-refractivity contribution in [2.24, 2.45) is 5.73 Å². The number of amides is 2. The molecule has 2 aromatic heterocycles. The average molecular weight is 437 g/mol. The second-order valence-electron chi connectivity index (χ2n) is 6.96. The lowest BCUT2D eigenvalue weighted by atomic mass is 10.1. The number of aryl methyl sites for hydroxylation is 3. The Kier molecular flexibility index (Phi) is 6.53. The number of nitrogens with two attached hydrogens (primary N) is 1. The summed E-state index contributed by atoms with van der Waals surface area (Å²) in [6.45, 7) is 6.92. The van der Waals surface area contributed by atoms with Crippen LogP contribution in [0.3, 0.4) is 0 Å². The van der Waals surface area contributed by atoms with Crippen molar-refractivity contribution in [3.05, 3.63) is 64.2 Å². The summed E-state index contributed by atoms with van der Waals surface area (Å²) in [5, 5.41) is 5.56. The van der Waals surface area contributed by atoms with Crippen LogP contribution in [0.4, 0.5) is 17.5 Å². The summed E-state index contributed by atoms with van der Waals surface area (Å²) in [6, 6.07) is 8.44. The molecule has 1 aromatic carbocycles. The van der Waals surface area contributed by atoms with Crippen LogP contribution in [0.25, 0.3) is 0 Å². The van der Waals surface area contributed by atoms with Gasteiger partial charge in [-0.1, -0.05) is 6.07 Å². The number of primary amides is 1. The zero-order valence-electron chi connectivity index (χ0n) is 18.1. The van der Waals surface area contributed by atoms with E-state index in [1.165, 1.54) is 6.92 Å². The van der Waals surface area contributed by atoms with Crippen LogP contribution in [0, 0.1) is 20.8 Å². The van der Waals surface area contributed by atoms with Crippen molar-refractivity contribution in [1.82, 2.24) is 9.97 Å². The van der Waals surface area contributed by atoms with Gasteiger partial charge in [0.2, 0.25) is 11.8 Å². The van der Waals surface area contributed by atoms with Crippen LogP contribution in [0.2, 0.25) is 0 Å². The van der Waals surface area contributed by atoms with E-state index in [0.29, 0.717) is 11.6 Å². The maximum atomic E-state index is 12.8. The molecule has 166 valence electrons. The largest absolute Gasteiger partial charge is 0.462 e. The van der Waals surface area contributed by atoms with Crippen molar-refractivity contribution in [2.45, 2.75) is 27.7 Å². The van der Waals surface area contributed by atoms with Gasteiger partial charge in [0.05, 0.1) is 6.61 Å². The zero-order valence-corrected chi connectivity index (χ0v) is 18.1. The van der Waals surface area contributed by atoms with Crippen molar-refractivity contribution < 1.29 is 23.5 Å². The molecule has 32 heavy (non-hydrogen) atoms. The highest BCUT2D eigenvalue weighted by atomic mass is 16.5. The van der Waals surface area contributed by atoms with E-state index in [1.54, 1.807) is 31.2 Å². The standard InChI is InChI=1S/C22H23N5O5/c1-5-31-21(30)16-13(4)32-20(17(16)18(23)28)27-19(29)14-7-6-8-15(10-14)26-22-24-11(2)9-12(3)25-22/h6-10H,5H2,1-4H3,(H2,23,28)(H,27,29)(H,24,25,26). The first-order chi connectivity index (χ1) is 15.2. The van der Waals surface area contributed by atoms with E-state index >= 15 is 0 Å². The Morgan fingerprint density at radius 2 is 1.75 bits per heavy atom. The molecule has 0 fully saturated rings. The minimum absolute atomic E-state index is 0.104. The van der Waals surface area contributed by atoms with E-state index in [4.69, 9.17) is 14.9 Å². The topological polar surface area (TPSA) is 149 Å². The third-order valence-corrected chi connectivity index (χ3v) is 4.40. The fourth-order valence-electron chi connectivity index (χ4n) is 3.14. The normalized spacial score (nSPS) is 10.5. The Morgan fingerprint density at radius 1 is 1.06 bits per heavy atom. The number of nitrogens with one attached hydrogen (secondary N) is 2. The quantitative estimate of drug-likeness (QED) is 0.477. The van der Waals surface area contributed by atoms with E-state index < -0.39 is 17.8 Å². The van der Waals surface area contributed by atoms with Gasteiger partial charge < -0.3 is 20.2 Å². The van der Waals surface area contributed by atoms with Crippen molar-refractivity contribution in [3.8, 4) is 0 Å². The lowest BCUT2D eigenvalue weighted by molar-refractivity contribution is 0.0521. The third-order valence-electron chi connectivity index (χ3n) is 4.40. The number of anilines is 3. The van der Waals surface area contributed by atoms with Gasteiger partial charge >= 0.3 is 5.97 Å². The van der Waals surface area contributed by atoms with Crippen LogP contribution in [0.15, 0.2) is 34.7 Å². The second-order valence-corrected chi connectivity index (χ2v) is 6.96. The molecule has 0 bridgehead atoms. The summed E-state index contributed by atoms with van der Waals surface area (Å²) in [6.07, 6.45) is 0. The van der Waals surface area contributed by atoms with E-state index in [0.717, 1.165) is 11.4 Å². The molecular weight excluding hydrogens is 414 g/mol. The molecular formula is C22H23N5O5. The molecule has 0 saturated heterocycles. The number of benzene rings is 1. The van der Waals surface area contributed by atoms with Crippen molar-refractivity contribution >= 4 is 35.3 Å². The number of carbonyl (C=O) groups excluding carboxylic acids is 3. The maximum Gasteiger partial charge on any atom is 0.342 e. The van der Waals surface area contributed by atoms with Gasteiger partial charge in [-0.15, -0.1) is 0 Å². The number of nitrogens with zero attached hydrogens (tertiary/aromatic N) is 2. The summed E-state index contributed by atoms with van der Waals surface area (Å²) in [4.78, 5) is 45.6. The minimum Gasteiger partial charge on any atom is -0.462 e. The summed E-state index contributed by atoms with van der Waals surface area (Å²) in [5.74, 6) is -1.97. The lowest BCUT2D eigenvalue weighted by Crippen LogP contribution is -2.20. The average Bonchev–Trinajstić information content (AvgIpc) is 3.03. The highest BCUT2D eigenvalue weighted by Gasteiger charge is 2.29. The fourth-order valence-corrected chi connectivity index (χ4v) is 3.14. The van der Waals surface area contributed by atoms with Gasteiger partial charge in [-0.05, 0) is 52.0 Å². The van der Waals surface area contributed by atoms with Gasteiger partial charge in [-0.25, -0.2) is 14.8 Å². The molecule has 0 atom stereocenters. The molecule has 10 nitrogen and oxygen atoms in total. The minimum atomic E-state index is -0.928. The molecule has 0 radical (unpaired) electrons. The Hall–Kier alpha value is -4.21. The number of carbonyl (C=O) groups is 3. The summed E-state index contributed by atoms with van der Waals surface area (Å²) in [7, 11) is 0. The van der Waals surface area contributed by atoms with Crippen LogP contribution >= 0.6 is 0 Å². The fraction of sp³-hybridized carbons (Fsp3) is 0.227. The Balaban J connectivity index is 1.86. The number of ether oxygens (including phenoxy) is 1. The molecule has 2 heterocycles. The number of esters is 1. The summed E-state index contributed by atoms with van der Waals surface area (Å²) < 4.78 is 10.4. The molecule has 0 aliphatic heterocycles. The first kappa shape index (κ1) is 22.5. The zero-order chi connectivity index (χ0) is 23.4. The molecule has 3 rings (SSSR count).